The quantitative estimate of drug-likeness (QED) is 0.903. The Labute approximate surface area is 120 Å². The summed E-state index contributed by atoms with van der Waals surface area (Å²) in [6, 6.07) is 14.2. The second-order valence-electron chi connectivity index (χ2n) is 5.05. The van der Waals surface area contributed by atoms with Gasteiger partial charge >= 0.3 is 0 Å². The van der Waals surface area contributed by atoms with Crippen molar-refractivity contribution in [2.24, 2.45) is 0 Å². The van der Waals surface area contributed by atoms with E-state index in [-0.39, 0.29) is 0 Å². The number of hydrogen-bond donors (Lipinski definition) is 1. The van der Waals surface area contributed by atoms with E-state index in [1.54, 1.807) is 6.92 Å². The zero-order valence-electron chi connectivity index (χ0n) is 12.4. The maximum Gasteiger partial charge on any atom is 0.0761 e. The van der Waals surface area contributed by atoms with E-state index in [9.17, 15) is 5.11 Å². The Kier molecular flexibility index (Phi) is 4.74. The molecule has 2 aromatic rings. The minimum Gasteiger partial charge on any atom is -0.389 e. The third-order valence-electron chi connectivity index (χ3n) is 3.42. The minimum atomic E-state index is -0.419. The predicted octanol–water partition coefficient (Wildman–Crippen LogP) is 3.47. The zero-order valence-corrected chi connectivity index (χ0v) is 12.4. The van der Waals surface area contributed by atoms with E-state index < -0.39 is 6.10 Å². The van der Waals surface area contributed by atoms with Gasteiger partial charge in [0.1, 0.15) is 0 Å². The smallest absolute Gasteiger partial charge is 0.0761 e. The molecule has 0 saturated carbocycles. The van der Waals surface area contributed by atoms with Crippen molar-refractivity contribution in [3.63, 3.8) is 0 Å². The van der Waals surface area contributed by atoms with Crippen LogP contribution in [-0.2, 0) is 6.54 Å². The standard InChI is InChI=1S/C17H22N2O/c1-4-19(12-16-7-5-6-13(2)18-16)17-10-8-15(9-11-17)14(3)20/h5-11,14,20H,4,12H2,1-3H3/t14-/m1/s1. The van der Waals surface area contributed by atoms with E-state index >= 15 is 0 Å². The molecule has 0 bridgehead atoms. The first kappa shape index (κ1) is 14.5. The molecule has 1 aromatic heterocycles. The van der Waals surface area contributed by atoms with E-state index in [2.05, 4.69) is 35.0 Å². The Balaban J connectivity index is 2.15. The summed E-state index contributed by atoms with van der Waals surface area (Å²) in [5.41, 5.74) is 4.22. The first-order chi connectivity index (χ1) is 9.60. The molecule has 1 N–H and O–H groups in total. The molecule has 0 fully saturated rings. The summed E-state index contributed by atoms with van der Waals surface area (Å²) in [6.07, 6.45) is -0.419. The van der Waals surface area contributed by atoms with E-state index in [1.165, 1.54) is 0 Å². The van der Waals surface area contributed by atoms with Crippen LogP contribution in [0.3, 0.4) is 0 Å². The van der Waals surface area contributed by atoms with Crippen molar-refractivity contribution in [1.29, 1.82) is 0 Å². The van der Waals surface area contributed by atoms with Gasteiger partial charge in [0, 0.05) is 17.9 Å². The van der Waals surface area contributed by atoms with Gasteiger partial charge in [-0.15, -0.1) is 0 Å². The van der Waals surface area contributed by atoms with Gasteiger partial charge < -0.3 is 10.0 Å². The first-order valence-corrected chi connectivity index (χ1v) is 7.05. The van der Waals surface area contributed by atoms with Crippen LogP contribution in [0.1, 0.15) is 36.9 Å². The van der Waals surface area contributed by atoms with Gasteiger partial charge in [0.05, 0.1) is 18.3 Å². The van der Waals surface area contributed by atoms with Crippen LogP contribution in [0, 0.1) is 6.92 Å². The van der Waals surface area contributed by atoms with Crippen LogP contribution in [-0.4, -0.2) is 16.6 Å². The molecule has 106 valence electrons. The fourth-order valence-corrected chi connectivity index (χ4v) is 2.23. The molecule has 0 amide bonds. The Morgan fingerprint density at radius 3 is 2.40 bits per heavy atom. The van der Waals surface area contributed by atoms with Crippen molar-refractivity contribution < 1.29 is 5.11 Å². The largest absolute Gasteiger partial charge is 0.389 e. The van der Waals surface area contributed by atoms with Gasteiger partial charge in [-0.3, -0.25) is 4.98 Å². The van der Waals surface area contributed by atoms with Crippen LogP contribution < -0.4 is 4.90 Å². The van der Waals surface area contributed by atoms with Crippen molar-refractivity contribution in [3.05, 3.63) is 59.4 Å². The monoisotopic (exact) mass is 270 g/mol. The van der Waals surface area contributed by atoms with Crippen molar-refractivity contribution in [3.8, 4) is 0 Å². The topological polar surface area (TPSA) is 36.4 Å². The summed E-state index contributed by atoms with van der Waals surface area (Å²) < 4.78 is 0. The second kappa shape index (κ2) is 6.53. The highest BCUT2D eigenvalue weighted by molar-refractivity contribution is 5.48. The highest BCUT2D eigenvalue weighted by atomic mass is 16.3. The van der Waals surface area contributed by atoms with Crippen LogP contribution in [0.2, 0.25) is 0 Å². The molecule has 3 nitrogen and oxygen atoms in total. The van der Waals surface area contributed by atoms with Gasteiger partial charge in [0.25, 0.3) is 0 Å². The molecule has 1 aromatic carbocycles. The molecule has 0 radical (unpaired) electrons. The molecule has 0 unspecified atom stereocenters. The van der Waals surface area contributed by atoms with Gasteiger partial charge in [-0.05, 0) is 50.6 Å². The highest BCUT2D eigenvalue weighted by Gasteiger charge is 2.07. The van der Waals surface area contributed by atoms with Crippen LogP contribution in [0.4, 0.5) is 5.69 Å². The van der Waals surface area contributed by atoms with Gasteiger partial charge in [-0.1, -0.05) is 18.2 Å². The molecule has 0 spiro atoms. The summed E-state index contributed by atoms with van der Waals surface area (Å²) in [4.78, 5) is 6.82. The second-order valence-corrected chi connectivity index (χ2v) is 5.05. The summed E-state index contributed by atoms with van der Waals surface area (Å²) >= 11 is 0. The van der Waals surface area contributed by atoms with Crippen LogP contribution >= 0.6 is 0 Å². The molecule has 0 aliphatic carbocycles. The lowest BCUT2D eigenvalue weighted by Crippen LogP contribution is -2.22. The number of rotatable bonds is 5. The van der Waals surface area contributed by atoms with Crippen molar-refractivity contribution in [2.75, 3.05) is 11.4 Å². The van der Waals surface area contributed by atoms with Gasteiger partial charge in [0.15, 0.2) is 0 Å². The van der Waals surface area contributed by atoms with Crippen LogP contribution in [0.5, 0.6) is 0 Å². The Hall–Kier alpha value is -1.87. The molecule has 20 heavy (non-hydrogen) atoms. The molecule has 1 heterocycles. The van der Waals surface area contributed by atoms with Crippen LogP contribution in [0.15, 0.2) is 42.5 Å². The van der Waals surface area contributed by atoms with Crippen LogP contribution in [0.25, 0.3) is 0 Å². The number of anilines is 1. The number of aliphatic hydroxyl groups is 1. The lowest BCUT2D eigenvalue weighted by Gasteiger charge is -2.23. The maximum atomic E-state index is 9.55. The third-order valence-corrected chi connectivity index (χ3v) is 3.42. The Bertz CT molecular complexity index is 549. The molecule has 0 aliphatic heterocycles. The first-order valence-electron chi connectivity index (χ1n) is 7.05. The number of pyridine rings is 1. The number of nitrogens with zero attached hydrogens (tertiary/aromatic N) is 2. The Morgan fingerprint density at radius 1 is 1.15 bits per heavy atom. The minimum absolute atomic E-state index is 0.419. The molecule has 2 rings (SSSR count). The molecule has 0 aliphatic rings. The summed E-state index contributed by atoms with van der Waals surface area (Å²) in [5.74, 6) is 0. The number of aromatic nitrogens is 1. The molecular formula is C17H22N2O. The Morgan fingerprint density at radius 2 is 1.85 bits per heavy atom. The van der Waals surface area contributed by atoms with Gasteiger partial charge in [-0.2, -0.15) is 0 Å². The van der Waals surface area contributed by atoms with E-state index in [4.69, 9.17) is 0 Å². The SMILES string of the molecule is CCN(Cc1cccc(C)n1)c1ccc([C@@H](C)O)cc1. The van der Waals surface area contributed by atoms with Crippen molar-refractivity contribution in [1.82, 2.24) is 4.98 Å². The van der Waals surface area contributed by atoms with Gasteiger partial charge in [-0.25, -0.2) is 0 Å². The predicted molar refractivity (Wildman–Crippen MR) is 82.8 cm³/mol. The zero-order chi connectivity index (χ0) is 14.5. The van der Waals surface area contributed by atoms with E-state index in [1.807, 2.05) is 31.2 Å². The average Bonchev–Trinajstić information content (AvgIpc) is 2.45. The maximum absolute atomic E-state index is 9.55. The van der Waals surface area contributed by atoms with Crippen molar-refractivity contribution >= 4 is 5.69 Å². The highest BCUT2D eigenvalue weighted by Crippen LogP contribution is 2.20. The summed E-state index contributed by atoms with van der Waals surface area (Å²) in [5, 5.41) is 9.55. The average molecular weight is 270 g/mol. The third kappa shape index (κ3) is 3.58. The van der Waals surface area contributed by atoms with E-state index in [0.717, 1.165) is 35.7 Å². The lowest BCUT2D eigenvalue weighted by atomic mass is 10.1. The van der Waals surface area contributed by atoms with Crippen molar-refractivity contribution in [2.45, 2.75) is 33.4 Å². The van der Waals surface area contributed by atoms with E-state index in [0.29, 0.717) is 0 Å². The summed E-state index contributed by atoms with van der Waals surface area (Å²) in [7, 11) is 0. The lowest BCUT2D eigenvalue weighted by molar-refractivity contribution is 0.199. The number of hydrogen-bond acceptors (Lipinski definition) is 3. The molecule has 0 saturated heterocycles. The fraction of sp³-hybridized carbons (Fsp3) is 0.353. The molecule has 3 heteroatoms. The normalized spacial score (nSPS) is 12.2. The number of benzene rings is 1. The molecule has 1 atom stereocenters. The molecular weight excluding hydrogens is 248 g/mol. The number of aryl methyl sites for hydroxylation is 1. The number of aliphatic hydroxyl groups excluding tert-OH is 1. The fourth-order valence-electron chi connectivity index (χ4n) is 2.23. The van der Waals surface area contributed by atoms with Gasteiger partial charge in [0.2, 0.25) is 0 Å². The summed E-state index contributed by atoms with van der Waals surface area (Å²) in [6.45, 7) is 7.65.